The quantitative estimate of drug-likeness (QED) is 0.226. The minimum Gasteiger partial charge on any atom is -0.462 e. The fourth-order valence-corrected chi connectivity index (χ4v) is 3.84. The SMILES string of the molecule is COC1C(Oc2ccc(N)cc2)OC(CO)C(OC2OC(CO)C(O)C(OC)C2O)C1O. The van der Waals surface area contributed by atoms with Gasteiger partial charge in [0.1, 0.15) is 54.6 Å². The standard InChI is InChI=1S/C20H31NO11/c1-27-17-13(24)11(7-22)30-19(15(17)26)32-16-12(8-23)31-20(18(28-2)14(16)25)29-10-5-3-9(21)4-6-10/h3-6,11-20,22-26H,7-8,21H2,1-2H3. The van der Waals surface area contributed by atoms with E-state index in [-0.39, 0.29) is 0 Å². The van der Waals surface area contributed by atoms with Crippen molar-refractivity contribution >= 4 is 5.69 Å². The van der Waals surface area contributed by atoms with Gasteiger partial charge in [0, 0.05) is 19.9 Å². The number of aliphatic hydroxyl groups is 5. The molecule has 10 atom stereocenters. The molecule has 2 fully saturated rings. The number of nitrogen functional groups attached to an aromatic ring is 1. The van der Waals surface area contributed by atoms with Gasteiger partial charge in [-0.05, 0) is 24.3 Å². The number of methoxy groups -OCH3 is 2. The van der Waals surface area contributed by atoms with Crippen molar-refractivity contribution in [3.05, 3.63) is 24.3 Å². The van der Waals surface area contributed by atoms with Crippen LogP contribution in [0.4, 0.5) is 5.69 Å². The maximum atomic E-state index is 10.9. The fourth-order valence-electron chi connectivity index (χ4n) is 3.84. The molecule has 3 rings (SSSR count). The Labute approximate surface area is 185 Å². The molecule has 12 nitrogen and oxygen atoms in total. The van der Waals surface area contributed by atoms with E-state index in [1.54, 1.807) is 24.3 Å². The topological polar surface area (TPSA) is 183 Å². The van der Waals surface area contributed by atoms with Gasteiger partial charge in [-0.3, -0.25) is 0 Å². The second-order valence-electron chi connectivity index (χ2n) is 7.61. The van der Waals surface area contributed by atoms with Crippen LogP contribution in [-0.2, 0) is 23.7 Å². The van der Waals surface area contributed by atoms with Crippen molar-refractivity contribution in [3.63, 3.8) is 0 Å². The van der Waals surface area contributed by atoms with Gasteiger partial charge in [0.05, 0.1) is 13.2 Å². The molecule has 1 aromatic carbocycles. The number of hydrogen-bond acceptors (Lipinski definition) is 12. The summed E-state index contributed by atoms with van der Waals surface area (Å²) in [6, 6.07) is 6.50. The fraction of sp³-hybridized carbons (Fsp3) is 0.700. The Balaban J connectivity index is 1.76. The van der Waals surface area contributed by atoms with Gasteiger partial charge in [0.25, 0.3) is 0 Å². The largest absolute Gasteiger partial charge is 0.462 e. The van der Waals surface area contributed by atoms with Crippen LogP contribution in [0, 0.1) is 0 Å². The van der Waals surface area contributed by atoms with Crippen LogP contribution in [0.25, 0.3) is 0 Å². The van der Waals surface area contributed by atoms with Gasteiger partial charge in [0.15, 0.2) is 6.29 Å². The summed E-state index contributed by atoms with van der Waals surface area (Å²) >= 11 is 0. The zero-order chi connectivity index (χ0) is 23.4. The lowest BCUT2D eigenvalue weighted by Gasteiger charge is -2.47. The minimum absolute atomic E-state index is 0.406. The molecule has 2 heterocycles. The summed E-state index contributed by atoms with van der Waals surface area (Å²) in [6.07, 6.45) is -12.1. The molecule has 0 aliphatic carbocycles. The van der Waals surface area contributed by atoms with Crippen molar-refractivity contribution in [1.29, 1.82) is 0 Å². The second-order valence-corrected chi connectivity index (χ2v) is 7.61. The van der Waals surface area contributed by atoms with Gasteiger partial charge in [-0.1, -0.05) is 0 Å². The molecule has 2 saturated heterocycles. The van der Waals surface area contributed by atoms with Crippen molar-refractivity contribution in [1.82, 2.24) is 0 Å². The molecule has 0 radical (unpaired) electrons. The average molecular weight is 461 g/mol. The average Bonchev–Trinajstić information content (AvgIpc) is 2.79. The highest BCUT2D eigenvalue weighted by Gasteiger charge is 2.52. The van der Waals surface area contributed by atoms with Gasteiger partial charge in [-0.15, -0.1) is 0 Å². The van der Waals surface area contributed by atoms with Crippen molar-refractivity contribution in [3.8, 4) is 5.75 Å². The highest BCUT2D eigenvalue weighted by atomic mass is 16.7. The van der Waals surface area contributed by atoms with Gasteiger partial charge in [0.2, 0.25) is 6.29 Å². The Hall–Kier alpha value is -1.58. The van der Waals surface area contributed by atoms with E-state index in [0.717, 1.165) is 0 Å². The molecule has 0 bridgehead atoms. The molecule has 0 amide bonds. The Morgan fingerprint density at radius 2 is 1.38 bits per heavy atom. The van der Waals surface area contributed by atoms with Crippen LogP contribution in [0.15, 0.2) is 24.3 Å². The van der Waals surface area contributed by atoms with E-state index >= 15 is 0 Å². The summed E-state index contributed by atoms with van der Waals surface area (Å²) in [6.45, 7) is -1.11. The highest BCUT2D eigenvalue weighted by molar-refractivity contribution is 5.41. The molecule has 32 heavy (non-hydrogen) atoms. The highest BCUT2D eigenvalue weighted by Crippen LogP contribution is 2.31. The van der Waals surface area contributed by atoms with Crippen molar-refractivity contribution in [2.45, 2.75) is 61.4 Å². The van der Waals surface area contributed by atoms with Crippen LogP contribution in [0.1, 0.15) is 0 Å². The van der Waals surface area contributed by atoms with Gasteiger partial charge >= 0.3 is 0 Å². The molecular weight excluding hydrogens is 430 g/mol. The lowest BCUT2D eigenvalue weighted by Crippen LogP contribution is -2.65. The number of benzene rings is 1. The Morgan fingerprint density at radius 3 is 1.94 bits per heavy atom. The van der Waals surface area contributed by atoms with Crippen LogP contribution >= 0.6 is 0 Å². The summed E-state index contributed by atoms with van der Waals surface area (Å²) in [5.74, 6) is 0.406. The van der Waals surface area contributed by atoms with Gasteiger partial charge in [-0.2, -0.15) is 0 Å². The molecule has 7 N–H and O–H groups in total. The first-order chi connectivity index (χ1) is 15.3. The van der Waals surface area contributed by atoms with Crippen LogP contribution < -0.4 is 10.5 Å². The van der Waals surface area contributed by atoms with Crippen LogP contribution in [0.3, 0.4) is 0 Å². The second kappa shape index (κ2) is 11.0. The number of rotatable bonds is 8. The maximum absolute atomic E-state index is 10.9. The van der Waals surface area contributed by atoms with Crippen molar-refractivity contribution < 1.29 is 54.0 Å². The molecule has 182 valence electrons. The van der Waals surface area contributed by atoms with E-state index in [1.165, 1.54) is 14.2 Å². The number of ether oxygens (including phenoxy) is 6. The lowest BCUT2D eigenvalue weighted by atomic mass is 9.96. The third-order valence-corrected chi connectivity index (χ3v) is 5.59. The first-order valence-electron chi connectivity index (χ1n) is 10.1. The smallest absolute Gasteiger partial charge is 0.229 e. The van der Waals surface area contributed by atoms with Crippen LogP contribution in [0.2, 0.25) is 0 Å². The molecule has 0 saturated carbocycles. The molecule has 10 unspecified atom stereocenters. The molecule has 2 aliphatic rings. The Morgan fingerprint density at radius 1 is 0.781 bits per heavy atom. The zero-order valence-electron chi connectivity index (χ0n) is 17.8. The van der Waals surface area contributed by atoms with E-state index < -0.39 is 74.6 Å². The first kappa shape index (κ1) is 25.1. The molecule has 0 spiro atoms. The Bertz CT molecular complexity index is 707. The predicted octanol–water partition coefficient (Wildman–Crippen LogP) is -2.42. The van der Waals surface area contributed by atoms with E-state index in [2.05, 4.69) is 0 Å². The van der Waals surface area contributed by atoms with Crippen LogP contribution in [-0.4, -0.2) is 114 Å². The molecule has 2 aliphatic heterocycles. The third-order valence-electron chi connectivity index (χ3n) is 5.59. The molecule has 12 heteroatoms. The summed E-state index contributed by atoms with van der Waals surface area (Å²) < 4.78 is 33.2. The van der Waals surface area contributed by atoms with E-state index in [4.69, 9.17) is 34.2 Å². The molecule has 1 aromatic rings. The molecular formula is C20H31NO11. The maximum Gasteiger partial charge on any atom is 0.229 e. The van der Waals surface area contributed by atoms with Crippen molar-refractivity contribution in [2.24, 2.45) is 0 Å². The number of nitrogens with two attached hydrogens (primary N) is 1. The monoisotopic (exact) mass is 461 g/mol. The van der Waals surface area contributed by atoms with Crippen molar-refractivity contribution in [2.75, 3.05) is 33.2 Å². The molecule has 0 aromatic heterocycles. The van der Waals surface area contributed by atoms with E-state index in [9.17, 15) is 25.5 Å². The summed E-state index contributed by atoms with van der Waals surface area (Å²) in [5, 5.41) is 50.9. The third kappa shape index (κ3) is 5.15. The normalized spacial score (nSPS) is 40.2. The van der Waals surface area contributed by atoms with Gasteiger partial charge in [-0.25, -0.2) is 0 Å². The van der Waals surface area contributed by atoms with E-state index in [1.807, 2.05) is 0 Å². The summed E-state index contributed by atoms with van der Waals surface area (Å²) in [4.78, 5) is 0. The van der Waals surface area contributed by atoms with E-state index in [0.29, 0.717) is 11.4 Å². The first-order valence-corrected chi connectivity index (χ1v) is 10.1. The minimum atomic E-state index is -1.45. The summed E-state index contributed by atoms with van der Waals surface area (Å²) in [7, 11) is 2.63. The number of anilines is 1. The van der Waals surface area contributed by atoms with Crippen LogP contribution in [0.5, 0.6) is 5.75 Å². The number of aliphatic hydroxyl groups excluding tert-OH is 5. The zero-order valence-corrected chi connectivity index (χ0v) is 17.8. The lowest BCUT2D eigenvalue weighted by molar-refractivity contribution is -0.355. The number of hydrogen-bond donors (Lipinski definition) is 6. The summed E-state index contributed by atoms with van der Waals surface area (Å²) in [5.41, 5.74) is 6.21. The Kier molecular flexibility index (Phi) is 8.63. The van der Waals surface area contributed by atoms with Gasteiger partial charge < -0.3 is 59.7 Å². The predicted molar refractivity (Wildman–Crippen MR) is 107 cm³/mol.